The number of ether oxygens (including phenoxy) is 1. The largest absolute Gasteiger partial charge is 0.495 e. The molecule has 6 nitrogen and oxygen atoms in total. The number of rotatable bonds is 5. The lowest BCUT2D eigenvalue weighted by Crippen LogP contribution is -2.16. The molecule has 2 rings (SSSR count). The number of sulfonamides is 1. The van der Waals surface area contributed by atoms with Crippen LogP contribution in [0.4, 0.5) is 5.82 Å². The number of hydrogen-bond acceptors (Lipinski definition) is 5. The SMILES string of the molecule is COc1ccc(CN)cc1S(=O)(=O)Nc1ncccc1Br. The number of nitrogens with one attached hydrogen (secondary N) is 1. The van der Waals surface area contributed by atoms with Crippen LogP contribution in [0.1, 0.15) is 5.56 Å². The van der Waals surface area contributed by atoms with Crippen LogP contribution in [0.3, 0.4) is 0 Å². The van der Waals surface area contributed by atoms with Crippen LogP contribution < -0.4 is 15.2 Å². The highest BCUT2D eigenvalue weighted by molar-refractivity contribution is 9.10. The molecule has 0 aliphatic heterocycles. The third kappa shape index (κ3) is 3.52. The fourth-order valence-corrected chi connectivity index (χ4v) is 3.44. The lowest BCUT2D eigenvalue weighted by Gasteiger charge is -2.13. The first-order chi connectivity index (χ1) is 9.97. The average Bonchev–Trinajstić information content (AvgIpc) is 2.48. The van der Waals surface area contributed by atoms with E-state index in [9.17, 15) is 8.42 Å². The number of anilines is 1. The van der Waals surface area contributed by atoms with Gasteiger partial charge < -0.3 is 10.5 Å². The number of methoxy groups -OCH3 is 1. The standard InChI is InChI=1S/C13H14BrN3O3S/c1-20-11-5-4-9(8-15)7-12(11)21(18,19)17-13-10(14)3-2-6-16-13/h2-7H,8,15H2,1H3,(H,16,17). The summed E-state index contributed by atoms with van der Waals surface area (Å²) in [7, 11) is -2.42. The molecule has 0 bridgehead atoms. The van der Waals surface area contributed by atoms with Crippen LogP contribution in [0, 0.1) is 0 Å². The van der Waals surface area contributed by atoms with E-state index >= 15 is 0 Å². The highest BCUT2D eigenvalue weighted by atomic mass is 79.9. The smallest absolute Gasteiger partial charge is 0.266 e. The van der Waals surface area contributed by atoms with Gasteiger partial charge in [-0.3, -0.25) is 4.72 Å². The van der Waals surface area contributed by atoms with Gasteiger partial charge in [0.1, 0.15) is 10.6 Å². The summed E-state index contributed by atoms with van der Waals surface area (Å²) in [5.41, 5.74) is 6.25. The van der Waals surface area contributed by atoms with Crippen molar-refractivity contribution in [2.75, 3.05) is 11.8 Å². The molecular weight excluding hydrogens is 358 g/mol. The fourth-order valence-electron chi connectivity index (χ4n) is 1.70. The van der Waals surface area contributed by atoms with E-state index in [1.54, 1.807) is 24.3 Å². The van der Waals surface area contributed by atoms with Gasteiger partial charge in [-0.15, -0.1) is 0 Å². The van der Waals surface area contributed by atoms with Crippen LogP contribution in [0.15, 0.2) is 45.9 Å². The maximum absolute atomic E-state index is 12.5. The number of nitrogens with zero attached hydrogens (tertiary/aromatic N) is 1. The molecule has 112 valence electrons. The minimum absolute atomic E-state index is 0.0190. The van der Waals surface area contributed by atoms with Gasteiger partial charge in [-0.25, -0.2) is 13.4 Å². The van der Waals surface area contributed by atoms with E-state index in [0.717, 1.165) is 0 Å². The molecule has 0 amide bonds. The van der Waals surface area contributed by atoms with Crippen molar-refractivity contribution >= 4 is 31.8 Å². The van der Waals surface area contributed by atoms with Gasteiger partial charge in [-0.05, 0) is 45.8 Å². The van der Waals surface area contributed by atoms with E-state index in [2.05, 4.69) is 25.6 Å². The number of nitrogens with two attached hydrogens (primary N) is 1. The number of hydrogen-bond donors (Lipinski definition) is 2. The van der Waals surface area contributed by atoms with Crippen LogP contribution >= 0.6 is 15.9 Å². The van der Waals surface area contributed by atoms with E-state index in [4.69, 9.17) is 10.5 Å². The molecule has 0 aliphatic rings. The average molecular weight is 372 g/mol. The molecule has 21 heavy (non-hydrogen) atoms. The molecule has 3 N–H and O–H groups in total. The molecule has 1 aromatic carbocycles. The Kier molecular flexibility index (Phi) is 4.81. The van der Waals surface area contributed by atoms with E-state index in [1.165, 1.54) is 19.4 Å². The Morgan fingerprint density at radius 3 is 2.76 bits per heavy atom. The Labute approximate surface area is 131 Å². The number of pyridine rings is 1. The first kappa shape index (κ1) is 15.7. The maximum atomic E-state index is 12.5. The Balaban J connectivity index is 2.46. The van der Waals surface area contributed by atoms with Crippen molar-refractivity contribution in [3.05, 3.63) is 46.6 Å². The summed E-state index contributed by atoms with van der Waals surface area (Å²) in [5.74, 6) is 0.449. The third-order valence-corrected chi connectivity index (χ3v) is 4.74. The first-order valence-corrected chi connectivity index (χ1v) is 8.26. The van der Waals surface area contributed by atoms with Crippen molar-refractivity contribution in [1.29, 1.82) is 0 Å². The zero-order valence-corrected chi connectivity index (χ0v) is 13.6. The predicted molar refractivity (Wildman–Crippen MR) is 83.6 cm³/mol. The highest BCUT2D eigenvalue weighted by Gasteiger charge is 2.21. The van der Waals surface area contributed by atoms with E-state index in [-0.39, 0.29) is 23.0 Å². The molecule has 1 heterocycles. The summed E-state index contributed by atoms with van der Waals surface area (Å²) in [6.07, 6.45) is 1.50. The van der Waals surface area contributed by atoms with Gasteiger partial charge in [-0.2, -0.15) is 0 Å². The Morgan fingerprint density at radius 1 is 1.38 bits per heavy atom. The van der Waals surface area contributed by atoms with Crippen molar-refractivity contribution in [2.45, 2.75) is 11.4 Å². The molecule has 0 spiro atoms. The first-order valence-electron chi connectivity index (χ1n) is 5.98. The van der Waals surface area contributed by atoms with Crippen LogP contribution in [-0.4, -0.2) is 20.5 Å². The minimum Gasteiger partial charge on any atom is -0.495 e. The summed E-state index contributed by atoms with van der Waals surface area (Å²) >= 11 is 3.24. The molecule has 0 saturated carbocycles. The fraction of sp³-hybridized carbons (Fsp3) is 0.154. The van der Waals surface area contributed by atoms with E-state index < -0.39 is 10.0 Å². The summed E-state index contributed by atoms with van der Waals surface area (Å²) in [6.45, 7) is 0.236. The molecule has 2 aromatic rings. The Bertz CT molecular complexity index is 750. The van der Waals surface area contributed by atoms with E-state index in [0.29, 0.717) is 10.0 Å². The monoisotopic (exact) mass is 371 g/mol. The zero-order chi connectivity index (χ0) is 15.5. The van der Waals surface area contributed by atoms with Crippen molar-refractivity contribution in [3.63, 3.8) is 0 Å². The molecule has 0 atom stereocenters. The van der Waals surface area contributed by atoms with Crippen LogP contribution in [0.5, 0.6) is 5.75 Å². The van der Waals surface area contributed by atoms with Gasteiger partial charge >= 0.3 is 0 Å². The molecule has 0 fully saturated rings. The molecule has 0 aliphatic carbocycles. The van der Waals surface area contributed by atoms with Crippen LogP contribution in [0.2, 0.25) is 0 Å². The van der Waals surface area contributed by atoms with Crippen molar-refractivity contribution < 1.29 is 13.2 Å². The zero-order valence-electron chi connectivity index (χ0n) is 11.2. The Hall–Kier alpha value is -1.64. The Morgan fingerprint density at radius 2 is 2.14 bits per heavy atom. The molecular formula is C13H14BrN3O3S. The third-order valence-electron chi connectivity index (χ3n) is 2.74. The normalized spacial score (nSPS) is 11.2. The van der Waals surface area contributed by atoms with Crippen LogP contribution in [-0.2, 0) is 16.6 Å². The van der Waals surface area contributed by atoms with Crippen molar-refractivity contribution in [3.8, 4) is 5.75 Å². The van der Waals surface area contributed by atoms with Gasteiger partial charge in [0, 0.05) is 12.7 Å². The van der Waals surface area contributed by atoms with Gasteiger partial charge in [0.25, 0.3) is 10.0 Å². The number of benzene rings is 1. The summed E-state index contributed by atoms with van der Waals surface area (Å²) in [4.78, 5) is 4.00. The van der Waals surface area contributed by atoms with Gasteiger partial charge in [0.15, 0.2) is 5.82 Å². The van der Waals surface area contributed by atoms with Crippen LogP contribution in [0.25, 0.3) is 0 Å². The molecule has 1 aromatic heterocycles. The molecule has 8 heteroatoms. The minimum atomic E-state index is -3.83. The lowest BCUT2D eigenvalue weighted by atomic mass is 10.2. The van der Waals surface area contributed by atoms with Gasteiger partial charge in [0.2, 0.25) is 0 Å². The van der Waals surface area contributed by atoms with E-state index in [1.807, 2.05) is 0 Å². The van der Waals surface area contributed by atoms with Gasteiger partial charge in [-0.1, -0.05) is 6.07 Å². The van der Waals surface area contributed by atoms with Crippen molar-refractivity contribution in [1.82, 2.24) is 4.98 Å². The summed E-state index contributed by atoms with van der Waals surface area (Å²) in [5, 5.41) is 0. The highest BCUT2D eigenvalue weighted by Crippen LogP contribution is 2.28. The lowest BCUT2D eigenvalue weighted by molar-refractivity contribution is 0.402. The quantitative estimate of drug-likeness (QED) is 0.839. The van der Waals surface area contributed by atoms with Gasteiger partial charge in [0.05, 0.1) is 11.6 Å². The second kappa shape index (κ2) is 6.42. The summed E-state index contributed by atoms with van der Waals surface area (Å²) in [6, 6.07) is 8.16. The maximum Gasteiger partial charge on any atom is 0.266 e. The summed E-state index contributed by atoms with van der Waals surface area (Å²) < 4.78 is 33.1. The number of halogens is 1. The topological polar surface area (TPSA) is 94.3 Å². The predicted octanol–water partition coefficient (Wildman–Crippen LogP) is 2.11. The molecule has 0 unspecified atom stereocenters. The molecule has 0 radical (unpaired) electrons. The van der Waals surface area contributed by atoms with Crippen molar-refractivity contribution in [2.24, 2.45) is 5.73 Å². The number of aromatic nitrogens is 1. The second-order valence-corrected chi connectivity index (χ2v) is 6.63. The second-order valence-electron chi connectivity index (χ2n) is 4.13. The molecule has 0 saturated heterocycles.